The van der Waals surface area contributed by atoms with Gasteiger partial charge in [-0.05, 0) is 37.5 Å². The molecule has 92 valence electrons. The highest BCUT2D eigenvalue weighted by Gasteiger charge is 2.47. The minimum atomic E-state index is 0.260. The highest BCUT2D eigenvalue weighted by atomic mass is 16.1. The van der Waals surface area contributed by atoms with Crippen LogP contribution in [-0.4, -0.2) is 27.4 Å². The lowest BCUT2D eigenvalue weighted by Gasteiger charge is -2.11. The van der Waals surface area contributed by atoms with E-state index in [-0.39, 0.29) is 5.91 Å². The molecule has 2 saturated carbocycles. The van der Waals surface area contributed by atoms with Crippen LogP contribution in [0.5, 0.6) is 0 Å². The summed E-state index contributed by atoms with van der Waals surface area (Å²) in [7, 11) is 0. The zero-order valence-electron chi connectivity index (χ0n) is 9.88. The van der Waals surface area contributed by atoms with Gasteiger partial charge in [-0.15, -0.1) is 5.10 Å². The summed E-state index contributed by atoms with van der Waals surface area (Å²) in [4.78, 5) is 11.8. The average Bonchev–Trinajstić information content (AvgIpc) is 2.81. The predicted octanol–water partition coefficient (Wildman–Crippen LogP) is 0.830. The van der Waals surface area contributed by atoms with Crippen molar-refractivity contribution >= 4 is 5.91 Å². The molecule has 2 atom stereocenters. The molecule has 0 spiro atoms. The zero-order valence-corrected chi connectivity index (χ0v) is 9.88. The zero-order chi connectivity index (χ0) is 11.7. The number of rotatable bonds is 5. The van der Waals surface area contributed by atoms with E-state index in [1.54, 1.807) is 10.9 Å². The fourth-order valence-corrected chi connectivity index (χ4v) is 2.88. The predicted molar refractivity (Wildman–Crippen MR) is 62.0 cm³/mol. The van der Waals surface area contributed by atoms with E-state index in [1.807, 2.05) is 6.20 Å². The van der Waals surface area contributed by atoms with Crippen LogP contribution in [0.3, 0.4) is 0 Å². The summed E-state index contributed by atoms with van der Waals surface area (Å²) < 4.78 is 1.79. The second kappa shape index (κ2) is 4.47. The molecule has 0 saturated heterocycles. The van der Waals surface area contributed by atoms with Crippen molar-refractivity contribution in [1.82, 2.24) is 20.3 Å². The Balaban J connectivity index is 1.32. The van der Waals surface area contributed by atoms with Gasteiger partial charge in [-0.1, -0.05) is 5.21 Å². The number of fused-ring (bicyclic) bond motifs is 1. The quantitative estimate of drug-likeness (QED) is 0.768. The third kappa shape index (κ3) is 2.48. The van der Waals surface area contributed by atoms with Crippen LogP contribution in [0.15, 0.2) is 12.4 Å². The van der Waals surface area contributed by atoms with Crippen LogP contribution < -0.4 is 5.32 Å². The van der Waals surface area contributed by atoms with Crippen LogP contribution in [0, 0.1) is 17.8 Å². The number of amides is 1. The molecule has 1 aromatic heterocycles. The van der Waals surface area contributed by atoms with E-state index in [0.717, 1.165) is 44.2 Å². The van der Waals surface area contributed by atoms with Gasteiger partial charge in [-0.3, -0.25) is 9.48 Å². The van der Waals surface area contributed by atoms with E-state index in [2.05, 4.69) is 15.6 Å². The second-order valence-corrected chi connectivity index (χ2v) is 5.23. The largest absolute Gasteiger partial charge is 0.356 e. The lowest BCUT2D eigenvalue weighted by atomic mass is 10.0. The molecule has 0 radical (unpaired) electrons. The Morgan fingerprint density at radius 2 is 2.18 bits per heavy atom. The molecule has 2 fully saturated rings. The van der Waals surface area contributed by atoms with Gasteiger partial charge in [0.15, 0.2) is 0 Å². The number of carbonyl (C=O) groups is 1. The van der Waals surface area contributed by atoms with Gasteiger partial charge in [0, 0.05) is 25.2 Å². The van der Waals surface area contributed by atoms with Gasteiger partial charge in [0.25, 0.3) is 0 Å². The highest BCUT2D eigenvalue weighted by Crippen LogP contribution is 2.54. The summed E-state index contributed by atoms with van der Waals surface area (Å²) in [6.07, 6.45) is 8.04. The fraction of sp³-hybridized carbons (Fsp3) is 0.750. The van der Waals surface area contributed by atoms with Crippen molar-refractivity contribution < 1.29 is 4.79 Å². The highest BCUT2D eigenvalue weighted by molar-refractivity contribution is 5.79. The smallest absolute Gasteiger partial charge is 0.223 e. The second-order valence-electron chi connectivity index (χ2n) is 5.23. The summed E-state index contributed by atoms with van der Waals surface area (Å²) in [6.45, 7) is 1.56. The molecule has 3 rings (SSSR count). The summed E-state index contributed by atoms with van der Waals surface area (Å²) in [5, 5.41) is 10.6. The first-order valence-electron chi connectivity index (χ1n) is 6.45. The number of nitrogens with one attached hydrogen (secondary N) is 1. The molecule has 2 unspecified atom stereocenters. The van der Waals surface area contributed by atoms with Crippen LogP contribution >= 0.6 is 0 Å². The molecular formula is C12H18N4O. The van der Waals surface area contributed by atoms with E-state index in [4.69, 9.17) is 0 Å². The van der Waals surface area contributed by atoms with Crippen molar-refractivity contribution in [2.24, 2.45) is 17.8 Å². The Kier molecular flexibility index (Phi) is 2.82. The fourth-order valence-electron chi connectivity index (χ4n) is 2.88. The van der Waals surface area contributed by atoms with Crippen LogP contribution in [-0.2, 0) is 11.3 Å². The van der Waals surface area contributed by atoms with Crippen molar-refractivity contribution in [3.05, 3.63) is 12.4 Å². The van der Waals surface area contributed by atoms with Crippen molar-refractivity contribution in [2.75, 3.05) is 6.54 Å². The third-order valence-electron chi connectivity index (χ3n) is 3.95. The van der Waals surface area contributed by atoms with Gasteiger partial charge in [0.2, 0.25) is 5.91 Å². The number of nitrogens with zero attached hydrogens (tertiary/aromatic N) is 3. The Morgan fingerprint density at radius 3 is 2.88 bits per heavy atom. The van der Waals surface area contributed by atoms with Crippen molar-refractivity contribution in [2.45, 2.75) is 32.2 Å². The van der Waals surface area contributed by atoms with Crippen molar-refractivity contribution in [3.8, 4) is 0 Å². The summed E-state index contributed by atoms with van der Waals surface area (Å²) >= 11 is 0. The average molecular weight is 234 g/mol. The van der Waals surface area contributed by atoms with Gasteiger partial charge in [0.05, 0.1) is 6.20 Å². The Bertz CT molecular complexity index is 379. The Hall–Kier alpha value is -1.39. The summed E-state index contributed by atoms with van der Waals surface area (Å²) in [6, 6.07) is 0. The SMILES string of the molecule is O=C(NCCCn1ccnn1)C1CC2CC2C1. The number of carbonyl (C=O) groups excluding carboxylic acids is 1. The maximum atomic E-state index is 11.8. The maximum absolute atomic E-state index is 11.8. The standard InChI is InChI=1S/C12H18N4O/c17-12(11-7-9-6-10(9)8-11)13-2-1-4-16-5-3-14-15-16/h3,5,9-11H,1-2,4,6-8H2,(H,13,17). The molecule has 5 nitrogen and oxygen atoms in total. The molecule has 1 N–H and O–H groups in total. The van der Waals surface area contributed by atoms with Crippen LogP contribution in [0.2, 0.25) is 0 Å². The molecule has 0 bridgehead atoms. The summed E-state index contributed by atoms with van der Waals surface area (Å²) in [5.41, 5.74) is 0. The molecule has 1 aromatic rings. The lowest BCUT2D eigenvalue weighted by molar-refractivity contribution is -0.125. The van der Waals surface area contributed by atoms with Crippen molar-refractivity contribution in [1.29, 1.82) is 0 Å². The number of aryl methyl sites for hydroxylation is 1. The molecule has 5 heteroatoms. The lowest BCUT2D eigenvalue weighted by Crippen LogP contribution is -2.31. The van der Waals surface area contributed by atoms with Gasteiger partial charge in [-0.2, -0.15) is 0 Å². The van der Waals surface area contributed by atoms with E-state index in [9.17, 15) is 4.79 Å². The van der Waals surface area contributed by atoms with E-state index in [0.29, 0.717) is 5.92 Å². The maximum Gasteiger partial charge on any atom is 0.223 e. The first-order chi connectivity index (χ1) is 8.33. The van der Waals surface area contributed by atoms with Gasteiger partial charge in [-0.25, -0.2) is 0 Å². The molecule has 1 heterocycles. The summed E-state index contributed by atoms with van der Waals surface area (Å²) in [5.74, 6) is 2.31. The number of hydrogen-bond donors (Lipinski definition) is 1. The van der Waals surface area contributed by atoms with E-state index in [1.165, 1.54) is 6.42 Å². The first kappa shape index (κ1) is 10.7. The molecule has 0 aliphatic heterocycles. The Labute approximate surface area is 101 Å². The topological polar surface area (TPSA) is 59.8 Å². The number of hydrogen-bond acceptors (Lipinski definition) is 3. The minimum Gasteiger partial charge on any atom is -0.356 e. The van der Waals surface area contributed by atoms with Gasteiger partial charge >= 0.3 is 0 Å². The van der Waals surface area contributed by atoms with Crippen LogP contribution in [0.1, 0.15) is 25.7 Å². The van der Waals surface area contributed by atoms with E-state index >= 15 is 0 Å². The van der Waals surface area contributed by atoms with Crippen molar-refractivity contribution in [3.63, 3.8) is 0 Å². The molecule has 2 aliphatic carbocycles. The van der Waals surface area contributed by atoms with Gasteiger partial charge < -0.3 is 5.32 Å². The van der Waals surface area contributed by atoms with Gasteiger partial charge in [0.1, 0.15) is 0 Å². The number of aromatic nitrogens is 3. The normalized spacial score (nSPS) is 30.0. The Morgan fingerprint density at radius 1 is 1.35 bits per heavy atom. The monoisotopic (exact) mass is 234 g/mol. The minimum absolute atomic E-state index is 0.260. The first-order valence-corrected chi connectivity index (χ1v) is 6.45. The van der Waals surface area contributed by atoms with Crippen LogP contribution in [0.25, 0.3) is 0 Å². The molecule has 1 amide bonds. The van der Waals surface area contributed by atoms with Crippen LogP contribution in [0.4, 0.5) is 0 Å². The molecule has 0 aromatic carbocycles. The molecule has 2 aliphatic rings. The van der Waals surface area contributed by atoms with E-state index < -0.39 is 0 Å². The third-order valence-corrected chi connectivity index (χ3v) is 3.95. The molecular weight excluding hydrogens is 216 g/mol. The molecule has 17 heavy (non-hydrogen) atoms.